The van der Waals surface area contributed by atoms with Crippen LogP contribution >= 0.6 is 0 Å². The summed E-state index contributed by atoms with van der Waals surface area (Å²) in [5, 5.41) is 0. The minimum atomic E-state index is -0.174. The van der Waals surface area contributed by atoms with Crippen LogP contribution in [0.3, 0.4) is 0 Å². The number of pyridine rings is 2. The largest absolute Gasteiger partial charge is 0.489 e. The zero-order valence-corrected chi connectivity index (χ0v) is 15.9. The minimum absolute atomic E-state index is 0.157. The topological polar surface area (TPSA) is 73.4 Å². The molecule has 0 spiro atoms. The third-order valence-corrected chi connectivity index (χ3v) is 4.98. The van der Waals surface area contributed by atoms with Crippen LogP contribution in [0.4, 0.5) is 5.82 Å². The van der Waals surface area contributed by atoms with Gasteiger partial charge in [0.2, 0.25) is 0 Å². The lowest BCUT2D eigenvalue weighted by Crippen LogP contribution is -2.39. The maximum atomic E-state index is 12.5. The molecule has 1 aliphatic heterocycles. The second kappa shape index (κ2) is 7.48. The fourth-order valence-electron chi connectivity index (χ4n) is 3.39. The van der Waals surface area contributed by atoms with Crippen molar-refractivity contribution in [3.8, 4) is 11.4 Å². The van der Waals surface area contributed by atoms with Crippen molar-refractivity contribution in [3.63, 3.8) is 0 Å². The van der Waals surface area contributed by atoms with Gasteiger partial charge >= 0.3 is 0 Å². The van der Waals surface area contributed by atoms with Gasteiger partial charge in [-0.1, -0.05) is 30.3 Å². The standard InChI is InChI=1S/C22H24N4O2/c1-22(23)10-12-25(16-22)20-8-7-18(14-24-20)26-11-9-19(13-21(26)27)28-15-17-5-3-2-4-6-17/h2-9,11,13-14H,10,12,15-16,23H2,1H3. The molecule has 2 N–H and O–H groups in total. The van der Waals surface area contributed by atoms with Gasteiger partial charge in [0.1, 0.15) is 18.2 Å². The van der Waals surface area contributed by atoms with Gasteiger partial charge in [0.25, 0.3) is 5.56 Å². The molecule has 28 heavy (non-hydrogen) atoms. The maximum Gasteiger partial charge on any atom is 0.258 e. The molecule has 0 aliphatic carbocycles. The first-order valence-electron chi connectivity index (χ1n) is 9.40. The van der Waals surface area contributed by atoms with Crippen molar-refractivity contribution in [2.24, 2.45) is 5.73 Å². The smallest absolute Gasteiger partial charge is 0.258 e. The van der Waals surface area contributed by atoms with Crippen molar-refractivity contribution in [1.82, 2.24) is 9.55 Å². The van der Waals surface area contributed by atoms with Crippen molar-refractivity contribution in [2.45, 2.75) is 25.5 Å². The molecule has 0 bridgehead atoms. The van der Waals surface area contributed by atoms with Crippen molar-refractivity contribution in [3.05, 3.63) is 82.9 Å². The Bertz CT molecular complexity index is 997. The van der Waals surface area contributed by atoms with E-state index < -0.39 is 0 Å². The molecule has 4 rings (SSSR count). The molecule has 1 unspecified atom stereocenters. The lowest BCUT2D eigenvalue weighted by molar-refractivity contribution is 0.305. The molecule has 1 aromatic carbocycles. The number of ether oxygens (including phenoxy) is 1. The summed E-state index contributed by atoms with van der Waals surface area (Å²) in [5.74, 6) is 1.43. The zero-order valence-electron chi connectivity index (χ0n) is 15.9. The number of benzene rings is 1. The van der Waals surface area contributed by atoms with E-state index in [1.54, 1.807) is 23.0 Å². The van der Waals surface area contributed by atoms with Crippen LogP contribution in [-0.4, -0.2) is 28.2 Å². The molecule has 3 aromatic rings. The Labute approximate surface area is 164 Å². The molecule has 1 saturated heterocycles. The lowest BCUT2D eigenvalue weighted by atomic mass is 10.0. The van der Waals surface area contributed by atoms with Crippen molar-refractivity contribution in [1.29, 1.82) is 0 Å². The van der Waals surface area contributed by atoms with Crippen molar-refractivity contribution >= 4 is 5.82 Å². The highest BCUT2D eigenvalue weighted by Crippen LogP contribution is 2.23. The Balaban J connectivity index is 1.46. The summed E-state index contributed by atoms with van der Waals surface area (Å²) in [7, 11) is 0. The van der Waals surface area contributed by atoms with Gasteiger partial charge in [0, 0.05) is 30.9 Å². The highest BCUT2D eigenvalue weighted by molar-refractivity contribution is 5.45. The Hall–Kier alpha value is -3.12. The van der Waals surface area contributed by atoms with Crippen LogP contribution in [0.15, 0.2) is 71.8 Å². The molecule has 2 aromatic heterocycles. The first-order chi connectivity index (χ1) is 13.5. The van der Waals surface area contributed by atoms with E-state index in [-0.39, 0.29) is 11.1 Å². The Morgan fingerprint density at radius 2 is 2.00 bits per heavy atom. The lowest BCUT2D eigenvalue weighted by Gasteiger charge is -2.20. The van der Waals surface area contributed by atoms with Gasteiger partial charge in [-0.05, 0) is 37.1 Å². The van der Waals surface area contributed by atoms with E-state index in [1.807, 2.05) is 42.5 Å². The molecule has 0 amide bonds. The Morgan fingerprint density at radius 3 is 2.64 bits per heavy atom. The fourth-order valence-corrected chi connectivity index (χ4v) is 3.39. The average molecular weight is 376 g/mol. The van der Waals surface area contributed by atoms with E-state index in [2.05, 4.69) is 16.8 Å². The predicted octanol–water partition coefficient (Wildman–Crippen LogP) is 2.74. The monoisotopic (exact) mass is 376 g/mol. The third kappa shape index (κ3) is 4.07. The summed E-state index contributed by atoms with van der Waals surface area (Å²) in [6, 6.07) is 17.0. The average Bonchev–Trinajstić information content (AvgIpc) is 3.07. The van der Waals surface area contributed by atoms with E-state index in [1.165, 1.54) is 6.07 Å². The summed E-state index contributed by atoms with van der Waals surface area (Å²) in [6.07, 6.45) is 4.37. The van der Waals surface area contributed by atoms with Crippen LogP contribution in [0.2, 0.25) is 0 Å². The fraction of sp³-hybridized carbons (Fsp3) is 0.273. The van der Waals surface area contributed by atoms with Crippen LogP contribution in [0, 0.1) is 0 Å². The number of hydrogen-bond acceptors (Lipinski definition) is 5. The van der Waals surface area contributed by atoms with Crippen molar-refractivity contribution in [2.75, 3.05) is 18.0 Å². The van der Waals surface area contributed by atoms with Gasteiger partial charge in [0.15, 0.2) is 0 Å². The number of aromatic nitrogens is 2. The number of nitrogens with two attached hydrogens (primary N) is 1. The summed E-state index contributed by atoms with van der Waals surface area (Å²) >= 11 is 0. The summed E-state index contributed by atoms with van der Waals surface area (Å²) < 4.78 is 7.28. The normalized spacial score (nSPS) is 19.0. The third-order valence-electron chi connectivity index (χ3n) is 4.98. The van der Waals surface area contributed by atoms with E-state index in [0.717, 1.165) is 36.6 Å². The first kappa shape index (κ1) is 18.3. The molecule has 6 heteroatoms. The number of rotatable bonds is 5. The minimum Gasteiger partial charge on any atom is -0.489 e. The van der Waals surface area contributed by atoms with E-state index in [0.29, 0.717) is 12.4 Å². The molecule has 3 heterocycles. The molecule has 0 radical (unpaired) electrons. The molecule has 1 aliphatic rings. The van der Waals surface area contributed by atoms with Gasteiger partial charge < -0.3 is 15.4 Å². The SMILES string of the molecule is CC1(N)CCN(c2ccc(-n3ccc(OCc4ccccc4)cc3=O)cn2)C1. The van der Waals surface area contributed by atoms with Crippen LogP contribution in [0.1, 0.15) is 18.9 Å². The molecule has 1 fully saturated rings. The Kier molecular flexibility index (Phi) is 4.88. The Morgan fingerprint density at radius 1 is 1.18 bits per heavy atom. The van der Waals surface area contributed by atoms with E-state index in [9.17, 15) is 4.79 Å². The molecule has 0 saturated carbocycles. The van der Waals surface area contributed by atoms with Crippen LogP contribution in [-0.2, 0) is 6.61 Å². The quantitative estimate of drug-likeness (QED) is 0.741. The molecule has 144 valence electrons. The molecule has 6 nitrogen and oxygen atoms in total. The number of nitrogens with zero attached hydrogens (tertiary/aromatic N) is 3. The van der Waals surface area contributed by atoms with Gasteiger partial charge in [-0.2, -0.15) is 0 Å². The molecular formula is C22H24N4O2. The summed E-state index contributed by atoms with van der Waals surface area (Å²) in [6.45, 7) is 4.16. The maximum absolute atomic E-state index is 12.5. The summed E-state index contributed by atoms with van der Waals surface area (Å²) in [5.41, 5.74) is 7.64. The first-order valence-corrected chi connectivity index (χ1v) is 9.40. The second-order valence-corrected chi connectivity index (χ2v) is 7.55. The van der Waals surface area contributed by atoms with Crippen LogP contribution in [0.5, 0.6) is 5.75 Å². The van der Waals surface area contributed by atoms with E-state index in [4.69, 9.17) is 10.5 Å². The number of anilines is 1. The molecule has 1 atom stereocenters. The van der Waals surface area contributed by atoms with Gasteiger partial charge in [-0.15, -0.1) is 0 Å². The second-order valence-electron chi connectivity index (χ2n) is 7.55. The highest BCUT2D eigenvalue weighted by Gasteiger charge is 2.30. The number of hydrogen-bond donors (Lipinski definition) is 1. The van der Waals surface area contributed by atoms with Gasteiger partial charge in [-0.3, -0.25) is 9.36 Å². The zero-order chi connectivity index (χ0) is 19.6. The van der Waals surface area contributed by atoms with E-state index >= 15 is 0 Å². The van der Waals surface area contributed by atoms with Gasteiger partial charge in [0.05, 0.1) is 11.9 Å². The van der Waals surface area contributed by atoms with Crippen molar-refractivity contribution < 1.29 is 4.74 Å². The molecular weight excluding hydrogens is 352 g/mol. The van der Waals surface area contributed by atoms with Gasteiger partial charge in [-0.25, -0.2) is 4.98 Å². The van der Waals surface area contributed by atoms with Crippen LogP contribution < -0.4 is 20.9 Å². The highest BCUT2D eigenvalue weighted by atomic mass is 16.5. The summed E-state index contributed by atoms with van der Waals surface area (Å²) in [4.78, 5) is 19.2. The predicted molar refractivity (Wildman–Crippen MR) is 110 cm³/mol. The van der Waals surface area contributed by atoms with Crippen LogP contribution in [0.25, 0.3) is 5.69 Å².